The van der Waals surface area contributed by atoms with Gasteiger partial charge in [-0.3, -0.25) is 0 Å². The number of Topliss-reactive ketones (excluding diaryl/α,β-unsaturated/α-hetero) is 2. The second kappa shape index (κ2) is 4.56. The summed E-state index contributed by atoms with van der Waals surface area (Å²) in [5, 5.41) is 0. The maximum absolute atomic E-state index is 11.9. The van der Waals surface area contributed by atoms with Crippen LogP contribution >= 0.6 is 0 Å². The zero-order valence-electron chi connectivity index (χ0n) is 9.36. The minimum absolute atomic E-state index is 0.0653. The Bertz CT molecular complexity index is 449. The molecule has 1 aliphatic rings. The van der Waals surface area contributed by atoms with Gasteiger partial charge in [-0.2, -0.15) is 0 Å². The molecule has 0 amide bonds. The van der Waals surface area contributed by atoms with Crippen LogP contribution in [0.25, 0.3) is 0 Å². The Morgan fingerprint density at radius 3 is 1.82 bits per heavy atom. The van der Waals surface area contributed by atoms with Crippen LogP contribution in [0.15, 0.2) is 24.3 Å². The molecule has 0 aromatic carbocycles. The van der Waals surface area contributed by atoms with Crippen molar-refractivity contribution in [2.75, 3.05) is 0 Å². The first-order valence-corrected chi connectivity index (χ1v) is 6.50. The average Bonchev–Trinajstić information content (AvgIpc) is 2.52. The van der Waals surface area contributed by atoms with E-state index in [-0.39, 0.29) is 11.1 Å². The normalized spacial score (nSPS) is 17.5. The molecule has 17 heavy (non-hydrogen) atoms. The average molecular weight is 274 g/mol. The molecule has 6 nitrogen and oxygen atoms in total. The first kappa shape index (κ1) is 13.8. The fourth-order valence-corrected chi connectivity index (χ4v) is 2.65. The van der Waals surface area contributed by atoms with Crippen LogP contribution < -0.4 is 0 Å². The first-order valence-electron chi connectivity index (χ1n) is 4.59. The van der Waals surface area contributed by atoms with Gasteiger partial charge in [0.1, 0.15) is 0 Å². The Morgan fingerprint density at radius 1 is 1.18 bits per heavy atom. The van der Waals surface area contributed by atoms with Crippen molar-refractivity contribution >= 4 is 17.5 Å². The zero-order chi connectivity index (χ0) is 13.4. The van der Waals surface area contributed by atoms with Gasteiger partial charge in [-0.15, -0.1) is 0 Å². The Morgan fingerprint density at radius 2 is 1.59 bits per heavy atom. The van der Waals surface area contributed by atoms with E-state index >= 15 is 0 Å². The van der Waals surface area contributed by atoms with Crippen molar-refractivity contribution in [2.45, 2.75) is 19.4 Å². The minimum atomic E-state index is -3.82. The van der Waals surface area contributed by atoms with Crippen molar-refractivity contribution < 1.29 is 43.0 Å². The first-order chi connectivity index (χ1) is 7.73. The van der Waals surface area contributed by atoms with Gasteiger partial charge >= 0.3 is 104 Å². The van der Waals surface area contributed by atoms with Gasteiger partial charge in [0.25, 0.3) is 0 Å². The van der Waals surface area contributed by atoms with E-state index in [2.05, 4.69) is 16.5 Å². The van der Waals surface area contributed by atoms with Gasteiger partial charge in [0.2, 0.25) is 0 Å². The number of rotatable bonds is 4. The molecule has 90 valence electrons. The van der Waals surface area contributed by atoms with Crippen molar-refractivity contribution in [3.05, 3.63) is 24.3 Å². The predicted octanol–water partition coefficient (Wildman–Crippen LogP) is 0.383. The molecule has 1 saturated heterocycles. The van der Waals surface area contributed by atoms with E-state index in [9.17, 15) is 17.7 Å². The maximum atomic E-state index is 11.9. The molecule has 0 aliphatic carbocycles. The molecule has 0 aromatic rings. The third-order valence-corrected chi connectivity index (χ3v) is 3.40. The van der Waals surface area contributed by atoms with Crippen molar-refractivity contribution in [2.24, 2.45) is 0 Å². The molecule has 7 heteroatoms. The van der Waals surface area contributed by atoms with Gasteiger partial charge in [-0.25, -0.2) is 0 Å². The molecule has 0 saturated carbocycles. The predicted molar refractivity (Wildman–Crippen MR) is 50.2 cm³/mol. The van der Waals surface area contributed by atoms with Crippen LogP contribution in [0.5, 0.6) is 0 Å². The van der Waals surface area contributed by atoms with Gasteiger partial charge in [0, 0.05) is 0 Å². The van der Waals surface area contributed by atoms with Crippen LogP contribution in [0.1, 0.15) is 13.8 Å². The fraction of sp³-hybridized carbons (Fsp3) is 0.300. The Labute approximate surface area is 104 Å². The summed E-state index contributed by atoms with van der Waals surface area (Å²) in [5.41, 5.74) is -2.62. The SMILES string of the molecule is C=C(C)C(=O)C1(C(=O)C(=C)C)[O][Ti](=[O])[O]C1=O. The van der Waals surface area contributed by atoms with E-state index in [4.69, 9.17) is 3.32 Å². The van der Waals surface area contributed by atoms with Crippen LogP contribution in [0.4, 0.5) is 0 Å². The van der Waals surface area contributed by atoms with Crippen molar-refractivity contribution in [3.63, 3.8) is 0 Å². The van der Waals surface area contributed by atoms with Crippen molar-refractivity contribution in [1.82, 2.24) is 0 Å². The van der Waals surface area contributed by atoms with E-state index < -0.39 is 41.8 Å². The molecule has 0 atom stereocenters. The number of hydrogen-bond acceptors (Lipinski definition) is 6. The summed E-state index contributed by atoms with van der Waals surface area (Å²) >= 11 is -3.82. The van der Waals surface area contributed by atoms with E-state index in [0.29, 0.717) is 0 Å². The third-order valence-electron chi connectivity index (χ3n) is 2.11. The standard InChI is InChI=1S/C10H11O5.O.Ti/c1-5(2)7(11)10(15,9(13)14)8(12)6(3)4;;/h1,3H2,2,4H3,(H,13,14);;/q-1;;+2/p-1. The number of carbonyl (C=O) groups is 3. The Kier molecular flexibility index (Phi) is 3.71. The molecule has 1 rings (SSSR count). The van der Waals surface area contributed by atoms with Crippen LogP contribution in [0.3, 0.4) is 0 Å². The molecule has 0 N–H and O–H groups in total. The fourth-order valence-electron chi connectivity index (χ4n) is 1.32. The van der Waals surface area contributed by atoms with Gasteiger partial charge in [-0.1, -0.05) is 0 Å². The summed E-state index contributed by atoms with van der Waals surface area (Å²) in [6.07, 6.45) is 0. The third kappa shape index (κ3) is 2.11. The molecule has 0 aromatic heterocycles. The molecule has 1 fully saturated rings. The molecule has 0 radical (unpaired) electrons. The van der Waals surface area contributed by atoms with Crippen LogP contribution in [0, 0.1) is 0 Å². The van der Waals surface area contributed by atoms with Gasteiger partial charge in [0.05, 0.1) is 0 Å². The summed E-state index contributed by atoms with van der Waals surface area (Å²) in [7, 11) is 0. The van der Waals surface area contributed by atoms with Gasteiger partial charge in [-0.05, 0) is 0 Å². The zero-order valence-corrected chi connectivity index (χ0v) is 10.9. The topological polar surface area (TPSA) is 86.7 Å². The molecular weight excluding hydrogens is 264 g/mol. The molecule has 1 aliphatic heterocycles. The molecular formula is C10H10O6Ti. The summed E-state index contributed by atoms with van der Waals surface area (Å²) in [4.78, 5) is 35.3. The molecule has 1 heterocycles. The van der Waals surface area contributed by atoms with Crippen molar-refractivity contribution in [3.8, 4) is 0 Å². The second-order valence-electron chi connectivity index (χ2n) is 3.64. The van der Waals surface area contributed by atoms with Gasteiger partial charge < -0.3 is 0 Å². The molecule has 0 unspecified atom stereocenters. The van der Waals surface area contributed by atoms with Crippen molar-refractivity contribution in [1.29, 1.82) is 0 Å². The molecule has 0 spiro atoms. The summed E-state index contributed by atoms with van der Waals surface area (Å²) in [6, 6.07) is 0. The van der Waals surface area contributed by atoms with E-state index in [1.165, 1.54) is 13.8 Å². The summed E-state index contributed by atoms with van der Waals surface area (Å²) in [6.45, 7) is 9.32. The monoisotopic (exact) mass is 274 g/mol. The number of carbonyl (C=O) groups excluding carboxylic acids is 3. The quantitative estimate of drug-likeness (QED) is 0.418. The summed E-state index contributed by atoms with van der Waals surface area (Å²) < 4.78 is 20.2. The second-order valence-corrected chi connectivity index (χ2v) is 5.06. The number of hydrogen-bond donors (Lipinski definition) is 0. The van der Waals surface area contributed by atoms with Crippen LogP contribution in [0.2, 0.25) is 0 Å². The molecule has 0 bridgehead atoms. The summed E-state index contributed by atoms with van der Waals surface area (Å²) in [5.74, 6) is -3.15. The van der Waals surface area contributed by atoms with Gasteiger partial charge in [0.15, 0.2) is 0 Å². The number of ketones is 2. The Hall–Kier alpha value is -1.24. The van der Waals surface area contributed by atoms with E-state index in [0.717, 1.165) is 0 Å². The van der Waals surface area contributed by atoms with Crippen LogP contribution in [-0.4, -0.2) is 23.1 Å². The van der Waals surface area contributed by atoms with Crippen LogP contribution in [-0.2, 0) is 43.0 Å². The van der Waals surface area contributed by atoms with E-state index in [1.54, 1.807) is 0 Å². The Balaban J connectivity index is 3.39. The van der Waals surface area contributed by atoms with E-state index in [1.807, 2.05) is 0 Å².